The fraction of sp³-hybridized carbons (Fsp3) is 0.571. The molecule has 1 rings (SSSR count). The van der Waals surface area contributed by atoms with Crippen molar-refractivity contribution < 1.29 is 5.11 Å². The summed E-state index contributed by atoms with van der Waals surface area (Å²) in [7, 11) is 0. The van der Waals surface area contributed by atoms with Gasteiger partial charge in [-0.25, -0.2) is 4.99 Å². The summed E-state index contributed by atoms with van der Waals surface area (Å²) in [5.41, 5.74) is 1.03. The van der Waals surface area contributed by atoms with Crippen molar-refractivity contribution in [3.8, 4) is 0 Å². The maximum absolute atomic E-state index is 9.01. The van der Waals surface area contributed by atoms with Gasteiger partial charge in [0.2, 0.25) is 0 Å². The van der Waals surface area contributed by atoms with Gasteiger partial charge in [0.25, 0.3) is 0 Å². The predicted molar refractivity (Wildman–Crippen MR) is 40.6 cm³/mol. The van der Waals surface area contributed by atoms with E-state index in [0.717, 1.165) is 5.70 Å². The van der Waals surface area contributed by atoms with Crippen molar-refractivity contribution in [2.45, 2.75) is 20.1 Å². The largest absolute Gasteiger partial charge is 0.368 e. The molecular formula is C7H12N2O. The molecule has 1 atom stereocenters. The molecule has 0 radical (unpaired) electrons. The minimum Gasteiger partial charge on any atom is -0.368 e. The lowest BCUT2D eigenvalue weighted by Gasteiger charge is -2.15. The molecule has 0 saturated heterocycles. The molecular weight excluding hydrogens is 128 g/mol. The molecule has 0 saturated carbocycles. The highest BCUT2D eigenvalue weighted by atomic mass is 16.3. The molecule has 0 bridgehead atoms. The minimum absolute atomic E-state index is 0.418. The van der Waals surface area contributed by atoms with Crippen LogP contribution in [0.1, 0.15) is 13.8 Å². The first-order valence-corrected chi connectivity index (χ1v) is 3.38. The van der Waals surface area contributed by atoms with Crippen molar-refractivity contribution in [1.82, 2.24) is 5.32 Å². The molecule has 1 aliphatic rings. The van der Waals surface area contributed by atoms with Crippen LogP contribution in [0, 0.1) is 5.92 Å². The number of aliphatic imine (C=N–C) groups is 1. The lowest BCUT2D eigenvalue weighted by Crippen LogP contribution is -2.22. The van der Waals surface area contributed by atoms with Crippen LogP contribution in [0.4, 0.5) is 0 Å². The predicted octanol–water partition coefficient (Wildman–Crippen LogP) is 0.476. The Kier molecular flexibility index (Phi) is 2.06. The van der Waals surface area contributed by atoms with E-state index in [4.69, 9.17) is 5.11 Å². The molecule has 0 aromatic rings. The molecule has 1 heterocycles. The molecule has 0 amide bonds. The van der Waals surface area contributed by atoms with Gasteiger partial charge in [0, 0.05) is 5.70 Å². The zero-order valence-corrected chi connectivity index (χ0v) is 6.20. The summed E-state index contributed by atoms with van der Waals surface area (Å²) in [5.74, 6) is 0.418. The van der Waals surface area contributed by atoms with E-state index < -0.39 is 6.23 Å². The van der Waals surface area contributed by atoms with E-state index in [1.165, 1.54) is 6.34 Å². The molecule has 0 aliphatic carbocycles. The summed E-state index contributed by atoms with van der Waals surface area (Å²) in [6.45, 7) is 4.12. The number of aliphatic hydroxyl groups excluding tert-OH is 1. The number of hydrogen-bond donors (Lipinski definition) is 2. The van der Waals surface area contributed by atoms with Crippen LogP contribution in [0.25, 0.3) is 0 Å². The number of nitrogens with zero attached hydrogens (tertiary/aromatic N) is 1. The van der Waals surface area contributed by atoms with Crippen molar-refractivity contribution in [3.05, 3.63) is 11.8 Å². The second kappa shape index (κ2) is 2.84. The maximum Gasteiger partial charge on any atom is 0.167 e. The van der Waals surface area contributed by atoms with Crippen LogP contribution in [0.3, 0.4) is 0 Å². The molecule has 0 aromatic heterocycles. The Bertz CT molecular complexity index is 172. The molecule has 0 fully saturated rings. The average molecular weight is 140 g/mol. The minimum atomic E-state index is -0.654. The van der Waals surface area contributed by atoms with Gasteiger partial charge in [-0.05, 0) is 12.0 Å². The van der Waals surface area contributed by atoms with E-state index in [9.17, 15) is 0 Å². The molecule has 10 heavy (non-hydrogen) atoms. The third-order valence-electron chi connectivity index (χ3n) is 1.41. The number of rotatable bonds is 1. The van der Waals surface area contributed by atoms with Gasteiger partial charge in [0.05, 0.1) is 6.34 Å². The van der Waals surface area contributed by atoms with Gasteiger partial charge in [-0.3, -0.25) is 0 Å². The second-order valence-electron chi connectivity index (χ2n) is 2.61. The monoisotopic (exact) mass is 140 g/mol. The average Bonchev–Trinajstić information content (AvgIpc) is 1.88. The highest BCUT2D eigenvalue weighted by Crippen LogP contribution is 2.08. The smallest absolute Gasteiger partial charge is 0.167 e. The molecule has 0 aromatic carbocycles. The zero-order valence-electron chi connectivity index (χ0n) is 6.20. The van der Waals surface area contributed by atoms with Crippen molar-refractivity contribution in [1.29, 1.82) is 0 Å². The number of allylic oxidation sites excluding steroid dienone is 1. The van der Waals surface area contributed by atoms with Gasteiger partial charge in [-0.2, -0.15) is 0 Å². The summed E-state index contributed by atoms with van der Waals surface area (Å²) in [5, 5.41) is 12.0. The Morgan fingerprint density at radius 3 is 2.80 bits per heavy atom. The first-order chi connectivity index (χ1) is 4.70. The van der Waals surface area contributed by atoms with E-state index in [0.29, 0.717) is 5.92 Å². The Labute approximate surface area is 60.5 Å². The Balaban J connectivity index is 2.62. The van der Waals surface area contributed by atoms with Gasteiger partial charge in [0.1, 0.15) is 0 Å². The summed E-state index contributed by atoms with van der Waals surface area (Å²) >= 11 is 0. The van der Waals surface area contributed by atoms with E-state index >= 15 is 0 Å². The Morgan fingerprint density at radius 2 is 2.40 bits per heavy atom. The van der Waals surface area contributed by atoms with E-state index in [2.05, 4.69) is 24.2 Å². The fourth-order valence-electron chi connectivity index (χ4n) is 0.799. The van der Waals surface area contributed by atoms with Gasteiger partial charge in [-0.1, -0.05) is 13.8 Å². The van der Waals surface area contributed by atoms with Crippen molar-refractivity contribution in [2.75, 3.05) is 0 Å². The summed E-state index contributed by atoms with van der Waals surface area (Å²) in [4.78, 5) is 3.71. The first-order valence-electron chi connectivity index (χ1n) is 3.38. The summed E-state index contributed by atoms with van der Waals surface area (Å²) in [6, 6.07) is 0. The molecule has 1 unspecified atom stereocenters. The molecule has 3 heteroatoms. The van der Waals surface area contributed by atoms with E-state index in [-0.39, 0.29) is 0 Å². The third-order valence-corrected chi connectivity index (χ3v) is 1.41. The molecule has 0 spiro atoms. The maximum atomic E-state index is 9.01. The number of hydrogen-bond acceptors (Lipinski definition) is 3. The van der Waals surface area contributed by atoms with Crippen LogP contribution in [-0.4, -0.2) is 17.7 Å². The molecule has 3 nitrogen and oxygen atoms in total. The highest BCUT2D eigenvalue weighted by molar-refractivity contribution is 5.59. The summed E-state index contributed by atoms with van der Waals surface area (Å²) < 4.78 is 0. The van der Waals surface area contributed by atoms with Crippen LogP contribution >= 0.6 is 0 Å². The normalized spacial score (nSPS) is 24.4. The summed E-state index contributed by atoms with van der Waals surface area (Å²) in [6.07, 6.45) is 2.59. The highest BCUT2D eigenvalue weighted by Gasteiger charge is 2.07. The first kappa shape index (κ1) is 7.28. The van der Waals surface area contributed by atoms with Crippen LogP contribution in [0.2, 0.25) is 0 Å². The topological polar surface area (TPSA) is 44.6 Å². The van der Waals surface area contributed by atoms with Crippen molar-refractivity contribution in [2.24, 2.45) is 10.9 Å². The van der Waals surface area contributed by atoms with Crippen molar-refractivity contribution >= 4 is 6.34 Å². The Hall–Kier alpha value is -0.830. The third kappa shape index (κ3) is 1.57. The Morgan fingerprint density at radius 1 is 1.70 bits per heavy atom. The van der Waals surface area contributed by atoms with Crippen LogP contribution < -0.4 is 5.32 Å². The second-order valence-corrected chi connectivity index (χ2v) is 2.61. The van der Waals surface area contributed by atoms with Gasteiger partial charge in [-0.15, -0.1) is 0 Å². The lowest BCUT2D eigenvalue weighted by molar-refractivity contribution is 0.230. The van der Waals surface area contributed by atoms with Gasteiger partial charge in [0.15, 0.2) is 6.23 Å². The zero-order chi connectivity index (χ0) is 7.56. The van der Waals surface area contributed by atoms with Gasteiger partial charge >= 0.3 is 0 Å². The van der Waals surface area contributed by atoms with E-state index in [1.54, 1.807) is 6.08 Å². The SMILES string of the molecule is CC(C)C1=CC(O)N=CN1. The van der Waals surface area contributed by atoms with Crippen LogP contribution in [0.15, 0.2) is 16.8 Å². The number of nitrogens with one attached hydrogen (secondary N) is 1. The molecule has 2 N–H and O–H groups in total. The van der Waals surface area contributed by atoms with Crippen LogP contribution in [-0.2, 0) is 0 Å². The van der Waals surface area contributed by atoms with Crippen LogP contribution in [0.5, 0.6) is 0 Å². The quantitative estimate of drug-likeness (QED) is 0.556. The molecule has 56 valence electrons. The van der Waals surface area contributed by atoms with Crippen molar-refractivity contribution in [3.63, 3.8) is 0 Å². The number of aliphatic hydroxyl groups is 1. The van der Waals surface area contributed by atoms with E-state index in [1.807, 2.05) is 0 Å². The fourth-order valence-corrected chi connectivity index (χ4v) is 0.799. The standard InChI is InChI=1S/C7H12N2O/c1-5(2)6-3-7(10)9-4-8-6/h3-5,7,10H,1-2H3,(H,8,9). The lowest BCUT2D eigenvalue weighted by atomic mass is 10.1. The molecule has 1 aliphatic heterocycles. The van der Waals surface area contributed by atoms with Gasteiger partial charge < -0.3 is 10.4 Å².